The first kappa shape index (κ1) is 24.5. The molecule has 2 heteroatoms. The Kier molecular flexibility index (Phi) is 5.24. The zero-order chi connectivity index (χ0) is 28.5. The standard InChI is InChI=1S/C41H26ClN/c42-38-25-23-29(30-14-4-5-16-32(30)38)27-22-24-35-33(26-27)31-15-6-7-17-34(31)41(35)36-18-8-10-20-39(36)43(28-12-2-1-3-13-28)40-21-11-9-19-37(40)41/h1-26H. The van der Waals surface area contributed by atoms with Gasteiger partial charge in [-0.3, -0.25) is 0 Å². The van der Waals surface area contributed by atoms with Gasteiger partial charge in [-0.15, -0.1) is 0 Å². The van der Waals surface area contributed by atoms with Gasteiger partial charge >= 0.3 is 0 Å². The zero-order valence-corrected chi connectivity index (χ0v) is 24.1. The highest BCUT2D eigenvalue weighted by Crippen LogP contribution is 2.63. The Morgan fingerprint density at radius 2 is 1.00 bits per heavy atom. The summed E-state index contributed by atoms with van der Waals surface area (Å²) in [5, 5.41) is 3.03. The Morgan fingerprint density at radius 1 is 0.419 bits per heavy atom. The fraction of sp³-hybridized carbons (Fsp3) is 0.0244. The van der Waals surface area contributed by atoms with E-state index in [0.29, 0.717) is 0 Å². The van der Waals surface area contributed by atoms with Crippen LogP contribution >= 0.6 is 11.6 Å². The normalized spacial score (nSPS) is 13.8. The minimum Gasteiger partial charge on any atom is -0.310 e. The van der Waals surface area contributed by atoms with Crippen LogP contribution in [0.25, 0.3) is 33.0 Å². The van der Waals surface area contributed by atoms with Crippen LogP contribution < -0.4 is 4.90 Å². The van der Waals surface area contributed by atoms with Crippen molar-refractivity contribution in [2.45, 2.75) is 5.41 Å². The van der Waals surface area contributed by atoms with Gasteiger partial charge in [0, 0.05) is 16.1 Å². The lowest BCUT2D eigenvalue weighted by atomic mass is 9.64. The lowest BCUT2D eigenvalue weighted by Gasteiger charge is -2.45. The maximum absolute atomic E-state index is 6.62. The number of nitrogens with zero attached hydrogens (tertiary/aromatic N) is 1. The summed E-state index contributed by atoms with van der Waals surface area (Å²) in [7, 11) is 0. The van der Waals surface area contributed by atoms with Crippen LogP contribution in [0.15, 0.2) is 158 Å². The zero-order valence-electron chi connectivity index (χ0n) is 23.3. The minimum atomic E-state index is -0.439. The van der Waals surface area contributed by atoms with Crippen LogP contribution in [0.3, 0.4) is 0 Å². The van der Waals surface area contributed by atoms with Crippen LogP contribution in [-0.2, 0) is 5.41 Å². The third-order valence-corrected chi connectivity index (χ3v) is 9.67. The second-order valence-corrected chi connectivity index (χ2v) is 11.8. The van der Waals surface area contributed by atoms with Gasteiger partial charge in [0.15, 0.2) is 0 Å². The third kappa shape index (κ3) is 3.29. The van der Waals surface area contributed by atoms with Gasteiger partial charge < -0.3 is 4.90 Å². The van der Waals surface area contributed by atoms with E-state index < -0.39 is 5.41 Å². The fourth-order valence-electron chi connectivity index (χ4n) is 7.65. The molecule has 202 valence electrons. The summed E-state index contributed by atoms with van der Waals surface area (Å²) in [6, 6.07) is 57.3. The highest BCUT2D eigenvalue weighted by Gasteiger charge is 2.51. The van der Waals surface area contributed by atoms with Crippen LogP contribution in [-0.4, -0.2) is 0 Å². The first-order chi connectivity index (χ1) is 21.3. The smallest absolute Gasteiger partial charge is 0.0754 e. The summed E-state index contributed by atoms with van der Waals surface area (Å²) in [5.74, 6) is 0. The topological polar surface area (TPSA) is 3.24 Å². The number of para-hydroxylation sites is 3. The fourth-order valence-corrected chi connectivity index (χ4v) is 7.88. The van der Waals surface area contributed by atoms with E-state index in [4.69, 9.17) is 11.6 Å². The molecular formula is C41H26ClN. The van der Waals surface area contributed by atoms with Crippen LogP contribution in [0.5, 0.6) is 0 Å². The summed E-state index contributed by atoms with van der Waals surface area (Å²) in [5.41, 5.74) is 13.4. The van der Waals surface area contributed by atoms with E-state index >= 15 is 0 Å². The predicted octanol–water partition coefficient (Wildman–Crippen LogP) is 11.3. The van der Waals surface area contributed by atoms with E-state index in [9.17, 15) is 0 Å². The average Bonchev–Trinajstić information content (AvgIpc) is 3.36. The second kappa shape index (κ2) is 9.19. The van der Waals surface area contributed by atoms with Crippen LogP contribution in [0, 0.1) is 0 Å². The van der Waals surface area contributed by atoms with Crippen molar-refractivity contribution in [3.63, 3.8) is 0 Å². The van der Waals surface area contributed by atoms with Gasteiger partial charge in [0.1, 0.15) is 0 Å². The van der Waals surface area contributed by atoms with Crippen molar-refractivity contribution in [2.24, 2.45) is 0 Å². The summed E-state index contributed by atoms with van der Waals surface area (Å²) < 4.78 is 0. The molecule has 0 unspecified atom stereocenters. The molecule has 1 nitrogen and oxygen atoms in total. The molecule has 0 fully saturated rings. The van der Waals surface area contributed by atoms with E-state index in [1.165, 1.54) is 61.3 Å². The molecule has 1 aliphatic carbocycles. The molecule has 0 bridgehead atoms. The molecule has 7 aromatic carbocycles. The molecule has 1 aliphatic heterocycles. The predicted molar refractivity (Wildman–Crippen MR) is 180 cm³/mol. The molecule has 43 heavy (non-hydrogen) atoms. The van der Waals surface area contributed by atoms with Gasteiger partial charge in [-0.05, 0) is 86.3 Å². The molecule has 1 spiro atoms. The molecule has 1 heterocycles. The van der Waals surface area contributed by atoms with Crippen molar-refractivity contribution < 1.29 is 0 Å². The van der Waals surface area contributed by atoms with Crippen LogP contribution in [0.2, 0.25) is 5.02 Å². The molecule has 0 N–H and O–H groups in total. The number of hydrogen-bond donors (Lipinski definition) is 0. The van der Waals surface area contributed by atoms with Crippen molar-refractivity contribution in [1.29, 1.82) is 0 Å². The van der Waals surface area contributed by atoms with Crippen molar-refractivity contribution in [3.8, 4) is 22.3 Å². The largest absolute Gasteiger partial charge is 0.310 e. The van der Waals surface area contributed by atoms with E-state index in [0.717, 1.165) is 16.1 Å². The Morgan fingerprint density at radius 3 is 1.74 bits per heavy atom. The van der Waals surface area contributed by atoms with Gasteiger partial charge in [0.2, 0.25) is 0 Å². The molecule has 0 saturated heterocycles. The Bertz CT molecular complexity index is 2170. The van der Waals surface area contributed by atoms with E-state index in [1.54, 1.807) is 0 Å². The molecule has 9 rings (SSSR count). The maximum atomic E-state index is 6.62. The lowest BCUT2D eigenvalue weighted by molar-refractivity contribution is 0.753. The van der Waals surface area contributed by atoms with E-state index in [-0.39, 0.29) is 0 Å². The molecule has 0 amide bonds. The maximum Gasteiger partial charge on any atom is 0.0754 e. The van der Waals surface area contributed by atoms with Crippen LogP contribution in [0.1, 0.15) is 22.3 Å². The summed E-state index contributed by atoms with van der Waals surface area (Å²) in [4.78, 5) is 2.42. The first-order valence-corrected chi connectivity index (χ1v) is 15.1. The molecule has 0 aromatic heterocycles. The van der Waals surface area contributed by atoms with Crippen LogP contribution in [0.4, 0.5) is 17.1 Å². The van der Waals surface area contributed by atoms with Crippen molar-refractivity contribution in [2.75, 3.05) is 4.90 Å². The van der Waals surface area contributed by atoms with Gasteiger partial charge in [-0.2, -0.15) is 0 Å². The molecular weight excluding hydrogens is 542 g/mol. The number of hydrogen-bond acceptors (Lipinski definition) is 1. The Labute approximate surface area is 256 Å². The molecule has 0 radical (unpaired) electrons. The Balaban J connectivity index is 1.36. The van der Waals surface area contributed by atoms with Gasteiger partial charge in [-0.1, -0.05) is 133 Å². The third-order valence-electron chi connectivity index (χ3n) is 9.34. The lowest BCUT2D eigenvalue weighted by Crippen LogP contribution is -2.36. The average molecular weight is 568 g/mol. The van der Waals surface area contributed by atoms with Crippen molar-refractivity contribution in [1.82, 2.24) is 0 Å². The Hall–Kier alpha value is -5.11. The highest BCUT2D eigenvalue weighted by atomic mass is 35.5. The molecule has 7 aromatic rings. The quantitative estimate of drug-likeness (QED) is 0.201. The summed E-state index contributed by atoms with van der Waals surface area (Å²) in [6.45, 7) is 0. The van der Waals surface area contributed by atoms with E-state index in [1.807, 2.05) is 6.07 Å². The first-order valence-electron chi connectivity index (χ1n) is 14.7. The van der Waals surface area contributed by atoms with Crippen molar-refractivity contribution >= 4 is 39.4 Å². The van der Waals surface area contributed by atoms with Crippen molar-refractivity contribution in [3.05, 3.63) is 185 Å². The summed E-state index contributed by atoms with van der Waals surface area (Å²) >= 11 is 6.62. The SMILES string of the molecule is Clc1ccc(-c2ccc3c(c2)-c2ccccc2C32c3ccccc3N(c3ccccc3)c3ccccc32)c2ccccc12. The van der Waals surface area contributed by atoms with Gasteiger partial charge in [-0.25, -0.2) is 0 Å². The second-order valence-electron chi connectivity index (χ2n) is 11.4. The number of benzene rings is 7. The molecule has 2 aliphatic rings. The molecule has 0 saturated carbocycles. The number of fused-ring (bicyclic) bond motifs is 10. The monoisotopic (exact) mass is 567 g/mol. The van der Waals surface area contributed by atoms with Gasteiger partial charge in [0.05, 0.1) is 16.8 Å². The number of rotatable bonds is 2. The minimum absolute atomic E-state index is 0.439. The number of anilines is 3. The molecule has 0 atom stereocenters. The number of halogens is 1. The summed E-state index contributed by atoms with van der Waals surface area (Å²) in [6.07, 6.45) is 0. The van der Waals surface area contributed by atoms with Gasteiger partial charge in [0.25, 0.3) is 0 Å². The van der Waals surface area contributed by atoms with E-state index in [2.05, 4.69) is 157 Å². The highest BCUT2D eigenvalue weighted by molar-refractivity contribution is 6.36.